The Hall–Kier alpha value is -3.20. The maximum atomic E-state index is 12.5. The third-order valence-electron chi connectivity index (χ3n) is 4.93. The molecule has 0 aliphatic carbocycles. The quantitative estimate of drug-likeness (QED) is 0.204. The Morgan fingerprint density at radius 2 is 1.94 bits per heavy atom. The van der Waals surface area contributed by atoms with E-state index in [9.17, 15) is 14.9 Å². The number of hydrogen-bond donors (Lipinski definition) is 1. The lowest BCUT2D eigenvalue weighted by Gasteiger charge is -2.11. The van der Waals surface area contributed by atoms with Crippen LogP contribution >= 0.6 is 34.5 Å². The lowest BCUT2D eigenvalue weighted by molar-refractivity contribution is -0.384. The lowest BCUT2D eigenvalue weighted by Crippen LogP contribution is -2.16. The van der Waals surface area contributed by atoms with Crippen molar-refractivity contribution in [1.82, 2.24) is 9.99 Å². The van der Waals surface area contributed by atoms with E-state index in [0.717, 1.165) is 27.3 Å². The zero-order chi connectivity index (χ0) is 23.0. The van der Waals surface area contributed by atoms with Crippen molar-refractivity contribution in [3.05, 3.63) is 90.5 Å². The minimum atomic E-state index is -0.463. The molecule has 1 N–H and O–H groups in total. The first-order valence-corrected chi connectivity index (χ1v) is 11.0. The number of benzene rings is 2. The summed E-state index contributed by atoms with van der Waals surface area (Å²) in [6.45, 7) is 3.88. The van der Waals surface area contributed by atoms with Crippen LogP contribution in [0.2, 0.25) is 10.0 Å². The highest BCUT2D eigenvalue weighted by molar-refractivity contribution is 7.20. The second kappa shape index (κ2) is 8.74. The predicted octanol–water partition coefficient (Wildman–Crippen LogP) is 6.29. The molecule has 0 aliphatic rings. The van der Waals surface area contributed by atoms with Gasteiger partial charge < -0.3 is 4.57 Å². The normalized spacial score (nSPS) is 11.4. The zero-order valence-corrected chi connectivity index (χ0v) is 19.3. The number of hydrogen-bond acceptors (Lipinski definition) is 5. The molecule has 2 aromatic carbocycles. The van der Waals surface area contributed by atoms with Gasteiger partial charge >= 0.3 is 0 Å². The number of halogens is 2. The number of nitro groups is 1. The first-order chi connectivity index (χ1) is 15.2. The topological polar surface area (TPSA) is 89.5 Å². The molecule has 0 spiro atoms. The Morgan fingerprint density at radius 3 is 2.66 bits per heavy atom. The van der Waals surface area contributed by atoms with Crippen LogP contribution in [0.1, 0.15) is 26.6 Å². The van der Waals surface area contributed by atoms with Gasteiger partial charge in [-0.3, -0.25) is 14.9 Å². The molecule has 0 unspecified atom stereocenters. The highest BCUT2D eigenvalue weighted by atomic mass is 35.5. The molecule has 2 aromatic heterocycles. The van der Waals surface area contributed by atoms with E-state index in [0.29, 0.717) is 20.3 Å². The van der Waals surface area contributed by atoms with E-state index >= 15 is 0 Å². The molecule has 32 heavy (non-hydrogen) atoms. The van der Waals surface area contributed by atoms with Crippen LogP contribution in [0.3, 0.4) is 0 Å². The molecule has 2 heterocycles. The first-order valence-electron chi connectivity index (χ1n) is 9.40. The number of nitrogens with one attached hydrogen (secondary N) is 1. The number of rotatable bonds is 5. The summed E-state index contributed by atoms with van der Waals surface area (Å²) < 4.78 is 2.77. The van der Waals surface area contributed by atoms with Crippen molar-refractivity contribution in [2.75, 3.05) is 0 Å². The van der Waals surface area contributed by atoms with Gasteiger partial charge in [0, 0.05) is 44.2 Å². The number of thiophene rings is 1. The van der Waals surface area contributed by atoms with Crippen molar-refractivity contribution in [3.8, 4) is 5.69 Å². The molecule has 0 fully saturated rings. The van der Waals surface area contributed by atoms with E-state index in [1.165, 1.54) is 23.5 Å². The van der Waals surface area contributed by atoms with Crippen LogP contribution in [-0.2, 0) is 0 Å². The van der Waals surface area contributed by atoms with Gasteiger partial charge in [0.15, 0.2) is 0 Å². The summed E-state index contributed by atoms with van der Waals surface area (Å²) in [7, 11) is 0. The van der Waals surface area contributed by atoms with Crippen LogP contribution in [0.5, 0.6) is 0 Å². The third-order valence-corrected chi connectivity index (χ3v) is 6.58. The molecule has 0 saturated heterocycles. The third kappa shape index (κ3) is 4.25. The van der Waals surface area contributed by atoms with E-state index in [-0.39, 0.29) is 11.6 Å². The molecular formula is C22H16Cl2N4O3S. The van der Waals surface area contributed by atoms with Crippen molar-refractivity contribution < 1.29 is 9.72 Å². The molecule has 162 valence electrons. The number of carbonyl (C=O) groups is 1. The standard InChI is InChI=1S/C22H16Cl2N4O3S/c1-12-7-15(13(2)27(12)19-5-3-16(23)10-18(19)24)11-25-26-22(29)21-9-14-8-17(28(30)31)4-6-20(14)32-21/h3-11H,1-2H3,(H,26,29). The molecule has 0 atom stereocenters. The SMILES string of the molecule is Cc1cc(C=NNC(=O)c2cc3cc([N+](=O)[O-])ccc3s2)c(C)n1-c1ccc(Cl)cc1Cl. The van der Waals surface area contributed by atoms with Crippen molar-refractivity contribution in [2.24, 2.45) is 5.10 Å². The fraction of sp³-hybridized carbons (Fsp3) is 0.0909. The van der Waals surface area contributed by atoms with Crippen LogP contribution in [0.15, 0.2) is 53.6 Å². The van der Waals surface area contributed by atoms with Gasteiger partial charge in [-0.2, -0.15) is 5.10 Å². The Morgan fingerprint density at radius 1 is 1.16 bits per heavy atom. The second-order valence-corrected chi connectivity index (χ2v) is 8.97. The average molecular weight is 487 g/mol. The molecule has 0 radical (unpaired) electrons. The Balaban J connectivity index is 1.54. The van der Waals surface area contributed by atoms with Gasteiger partial charge in [0.2, 0.25) is 0 Å². The van der Waals surface area contributed by atoms with E-state index in [2.05, 4.69) is 10.5 Å². The van der Waals surface area contributed by atoms with Gasteiger partial charge in [-0.05, 0) is 50.2 Å². The minimum absolute atomic E-state index is 0.0172. The fourth-order valence-electron chi connectivity index (χ4n) is 3.42. The van der Waals surface area contributed by atoms with Gasteiger partial charge in [-0.1, -0.05) is 23.2 Å². The number of aromatic nitrogens is 1. The van der Waals surface area contributed by atoms with Gasteiger partial charge in [0.1, 0.15) is 0 Å². The molecule has 4 rings (SSSR count). The second-order valence-electron chi connectivity index (χ2n) is 7.05. The van der Waals surface area contributed by atoms with Crippen molar-refractivity contribution in [3.63, 3.8) is 0 Å². The summed E-state index contributed by atoms with van der Waals surface area (Å²) in [5.74, 6) is -0.389. The van der Waals surface area contributed by atoms with Gasteiger partial charge in [0.05, 0.1) is 26.7 Å². The molecule has 4 aromatic rings. The minimum Gasteiger partial charge on any atom is -0.316 e. The molecular weight excluding hydrogens is 471 g/mol. The summed E-state index contributed by atoms with van der Waals surface area (Å²) >= 11 is 13.6. The Bertz CT molecular complexity index is 1410. The first kappa shape index (κ1) is 22.0. The molecule has 0 aliphatic heterocycles. The molecule has 0 saturated carbocycles. The molecule has 1 amide bonds. The smallest absolute Gasteiger partial charge is 0.281 e. The van der Waals surface area contributed by atoms with Gasteiger partial charge in [0.25, 0.3) is 11.6 Å². The highest BCUT2D eigenvalue weighted by Gasteiger charge is 2.14. The van der Waals surface area contributed by atoms with Gasteiger partial charge in [-0.25, -0.2) is 5.43 Å². The maximum absolute atomic E-state index is 12.5. The number of nitro benzene ring substituents is 1. The molecule has 10 heteroatoms. The van der Waals surface area contributed by atoms with Gasteiger partial charge in [-0.15, -0.1) is 11.3 Å². The summed E-state index contributed by atoms with van der Waals surface area (Å²) in [5, 5.41) is 16.7. The summed E-state index contributed by atoms with van der Waals surface area (Å²) in [5.41, 5.74) is 5.97. The van der Waals surface area contributed by atoms with Crippen molar-refractivity contribution >= 4 is 62.4 Å². The van der Waals surface area contributed by atoms with Crippen LogP contribution in [0, 0.1) is 24.0 Å². The Labute approximate surface area is 197 Å². The van der Waals surface area contributed by atoms with Crippen molar-refractivity contribution in [1.29, 1.82) is 0 Å². The number of carbonyl (C=O) groups excluding carboxylic acids is 1. The van der Waals surface area contributed by atoms with E-state index in [1.54, 1.807) is 30.5 Å². The number of non-ortho nitro benzene ring substituents is 1. The molecule has 0 bridgehead atoms. The summed E-state index contributed by atoms with van der Waals surface area (Å²) in [6, 6.07) is 13.4. The van der Waals surface area contributed by atoms with Crippen molar-refractivity contribution in [2.45, 2.75) is 13.8 Å². The largest absolute Gasteiger partial charge is 0.316 e. The van der Waals surface area contributed by atoms with E-state index in [4.69, 9.17) is 23.2 Å². The monoisotopic (exact) mass is 486 g/mol. The maximum Gasteiger partial charge on any atom is 0.281 e. The summed E-state index contributed by atoms with van der Waals surface area (Å²) in [4.78, 5) is 23.4. The van der Waals surface area contributed by atoms with E-state index < -0.39 is 4.92 Å². The summed E-state index contributed by atoms with van der Waals surface area (Å²) in [6.07, 6.45) is 1.57. The molecule has 7 nitrogen and oxygen atoms in total. The number of aryl methyl sites for hydroxylation is 1. The van der Waals surface area contributed by atoms with Crippen LogP contribution < -0.4 is 5.43 Å². The Kier molecular flexibility index (Phi) is 6.01. The predicted molar refractivity (Wildman–Crippen MR) is 129 cm³/mol. The van der Waals surface area contributed by atoms with Crippen LogP contribution in [0.25, 0.3) is 15.8 Å². The number of nitrogens with zero attached hydrogens (tertiary/aromatic N) is 3. The number of amides is 1. The van der Waals surface area contributed by atoms with Crippen LogP contribution in [0.4, 0.5) is 5.69 Å². The highest BCUT2D eigenvalue weighted by Crippen LogP contribution is 2.30. The van der Waals surface area contributed by atoms with Crippen LogP contribution in [-0.4, -0.2) is 21.6 Å². The average Bonchev–Trinajstić information content (AvgIpc) is 3.29. The van der Waals surface area contributed by atoms with E-state index in [1.807, 2.05) is 30.5 Å². The zero-order valence-electron chi connectivity index (χ0n) is 16.9. The fourth-order valence-corrected chi connectivity index (χ4v) is 4.85. The number of hydrazone groups is 1. The lowest BCUT2D eigenvalue weighted by atomic mass is 10.2. The number of fused-ring (bicyclic) bond motifs is 1.